The van der Waals surface area contributed by atoms with Crippen LogP contribution in [-0.4, -0.2) is 46.5 Å². The van der Waals surface area contributed by atoms with Gasteiger partial charge in [0, 0.05) is 30.8 Å². The largest absolute Gasteiger partial charge is 0.396 e. The highest BCUT2D eigenvalue weighted by Gasteiger charge is 2.33. The molecule has 124 valence electrons. The summed E-state index contributed by atoms with van der Waals surface area (Å²) in [5.74, 6) is 0.878. The summed E-state index contributed by atoms with van der Waals surface area (Å²) >= 11 is 0. The van der Waals surface area contributed by atoms with Crippen molar-refractivity contribution in [2.24, 2.45) is 0 Å². The monoisotopic (exact) mass is 324 g/mol. The number of aliphatic hydroxyl groups is 2. The molecule has 0 radical (unpaired) electrons. The maximum atomic E-state index is 9.63. The van der Waals surface area contributed by atoms with Crippen LogP contribution >= 0.6 is 0 Å². The Balaban J connectivity index is 2.22. The predicted octanol–water partition coefficient (Wildman–Crippen LogP) is 2.06. The third-order valence-corrected chi connectivity index (χ3v) is 4.32. The van der Waals surface area contributed by atoms with E-state index in [2.05, 4.69) is 22.2 Å². The molecule has 0 bridgehead atoms. The Labute approximate surface area is 141 Å². The van der Waals surface area contributed by atoms with Crippen LogP contribution in [0.4, 0.5) is 5.82 Å². The number of rotatable bonds is 6. The second-order valence-corrected chi connectivity index (χ2v) is 5.82. The lowest BCUT2D eigenvalue weighted by molar-refractivity contribution is 0.242. The summed E-state index contributed by atoms with van der Waals surface area (Å²) in [7, 11) is 0. The van der Waals surface area contributed by atoms with E-state index < -0.39 is 0 Å². The number of hydrogen-bond acceptors (Lipinski definition) is 4. The van der Waals surface area contributed by atoms with Crippen LogP contribution in [0.2, 0.25) is 0 Å². The third-order valence-electron chi connectivity index (χ3n) is 4.32. The first kappa shape index (κ1) is 16.5. The van der Waals surface area contributed by atoms with E-state index in [0.717, 1.165) is 29.1 Å². The zero-order valence-electron chi connectivity index (χ0n) is 13.5. The summed E-state index contributed by atoms with van der Waals surface area (Å²) in [6.45, 7) is 1.42. The summed E-state index contributed by atoms with van der Waals surface area (Å²) in [6.07, 6.45) is 14.1. The van der Waals surface area contributed by atoms with Crippen LogP contribution in [-0.2, 0) is 6.42 Å². The summed E-state index contributed by atoms with van der Waals surface area (Å²) in [5, 5.41) is 19.1. The summed E-state index contributed by atoms with van der Waals surface area (Å²) in [6, 6.07) is 5.85. The highest BCUT2D eigenvalue weighted by atomic mass is 16.3. The van der Waals surface area contributed by atoms with Crippen molar-refractivity contribution < 1.29 is 10.2 Å². The molecule has 0 spiro atoms. The van der Waals surface area contributed by atoms with E-state index in [9.17, 15) is 10.2 Å². The van der Waals surface area contributed by atoms with Crippen molar-refractivity contribution in [3.8, 4) is 11.1 Å². The van der Waals surface area contributed by atoms with Crippen LogP contribution in [0.5, 0.6) is 0 Å². The first-order valence-corrected chi connectivity index (χ1v) is 8.12. The Morgan fingerprint density at radius 3 is 2.67 bits per heavy atom. The fraction of sp³-hybridized carbons (Fsp3) is 0.263. The van der Waals surface area contributed by atoms with Crippen LogP contribution in [0, 0.1) is 0 Å². The van der Waals surface area contributed by atoms with Gasteiger partial charge in [0.15, 0.2) is 0 Å². The van der Waals surface area contributed by atoms with Crippen molar-refractivity contribution >= 4 is 5.82 Å². The molecule has 24 heavy (non-hydrogen) atoms. The number of pyridine rings is 2. The first-order chi connectivity index (χ1) is 11.8. The molecule has 0 saturated carbocycles. The van der Waals surface area contributed by atoms with E-state index in [1.165, 1.54) is 0 Å². The Morgan fingerprint density at radius 1 is 1.08 bits per heavy atom. The summed E-state index contributed by atoms with van der Waals surface area (Å²) in [4.78, 5) is 8.92. The fourth-order valence-electron chi connectivity index (χ4n) is 3.19. The van der Waals surface area contributed by atoms with Gasteiger partial charge in [-0.3, -0.25) is 4.98 Å². The smallest absolute Gasteiger partial charge is 0.240 e. The van der Waals surface area contributed by atoms with Crippen molar-refractivity contribution in [2.45, 2.75) is 6.42 Å². The molecule has 0 fully saturated rings. The number of hydrogen-bond donors (Lipinski definition) is 2. The van der Waals surface area contributed by atoms with E-state index in [4.69, 9.17) is 0 Å². The molecule has 5 nitrogen and oxygen atoms in total. The van der Waals surface area contributed by atoms with E-state index in [1.807, 2.05) is 36.5 Å². The second-order valence-electron chi connectivity index (χ2n) is 5.82. The lowest BCUT2D eigenvalue weighted by Crippen LogP contribution is -2.48. The average Bonchev–Trinajstić information content (AvgIpc) is 2.64. The number of aromatic nitrogens is 2. The van der Waals surface area contributed by atoms with E-state index in [-0.39, 0.29) is 13.2 Å². The quantitative estimate of drug-likeness (QED) is 0.798. The zero-order valence-corrected chi connectivity index (χ0v) is 13.5. The molecule has 0 aromatic carbocycles. The number of quaternary nitrogens is 1. The molecule has 2 aromatic heterocycles. The molecule has 2 aromatic rings. The SMILES string of the molecule is OCCc1ccnc([N+]2(CCO)C=CC=CC2)c1-c1cccnc1. The Kier molecular flexibility index (Phi) is 5.15. The van der Waals surface area contributed by atoms with Crippen molar-refractivity contribution in [3.63, 3.8) is 0 Å². The van der Waals surface area contributed by atoms with Crippen molar-refractivity contribution in [1.82, 2.24) is 14.5 Å². The lowest BCUT2D eigenvalue weighted by atomic mass is 9.98. The van der Waals surface area contributed by atoms with Gasteiger partial charge in [-0.25, -0.2) is 9.47 Å². The fourth-order valence-corrected chi connectivity index (χ4v) is 3.19. The van der Waals surface area contributed by atoms with E-state index in [1.54, 1.807) is 12.4 Å². The molecule has 1 aliphatic heterocycles. The molecule has 1 unspecified atom stereocenters. The van der Waals surface area contributed by atoms with Crippen molar-refractivity contribution in [1.29, 1.82) is 0 Å². The first-order valence-electron chi connectivity index (χ1n) is 8.12. The lowest BCUT2D eigenvalue weighted by Gasteiger charge is -2.34. The van der Waals surface area contributed by atoms with Gasteiger partial charge in [0.25, 0.3) is 0 Å². The highest BCUT2D eigenvalue weighted by molar-refractivity contribution is 5.78. The van der Waals surface area contributed by atoms with Crippen molar-refractivity contribution in [2.75, 3.05) is 26.3 Å². The van der Waals surface area contributed by atoms with Gasteiger partial charge in [0.1, 0.15) is 19.3 Å². The van der Waals surface area contributed by atoms with Crippen LogP contribution in [0.25, 0.3) is 11.1 Å². The van der Waals surface area contributed by atoms with Gasteiger partial charge in [0.2, 0.25) is 5.82 Å². The van der Waals surface area contributed by atoms with Crippen LogP contribution < -0.4 is 4.48 Å². The normalized spacial score (nSPS) is 19.6. The minimum Gasteiger partial charge on any atom is -0.396 e. The van der Waals surface area contributed by atoms with Gasteiger partial charge in [-0.15, -0.1) is 0 Å². The summed E-state index contributed by atoms with van der Waals surface area (Å²) in [5.41, 5.74) is 3.00. The van der Waals surface area contributed by atoms with Gasteiger partial charge in [-0.2, -0.15) is 0 Å². The van der Waals surface area contributed by atoms with E-state index in [0.29, 0.717) is 17.4 Å². The summed E-state index contributed by atoms with van der Waals surface area (Å²) < 4.78 is 0.455. The molecule has 2 N–H and O–H groups in total. The number of allylic oxidation sites excluding steroid dienone is 2. The topological polar surface area (TPSA) is 66.2 Å². The van der Waals surface area contributed by atoms with Gasteiger partial charge in [-0.05, 0) is 36.3 Å². The molecule has 1 atom stereocenters. The average molecular weight is 324 g/mol. The highest BCUT2D eigenvalue weighted by Crippen LogP contribution is 2.37. The van der Waals surface area contributed by atoms with E-state index >= 15 is 0 Å². The Hall–Kier alpha value is -2.34. The van der Waals surface area contributed by atoms with Crippen LogP contribution in [0.15, 0.2) is 61.2 Å². The molecular formula is C19H22N3O2+. The molecule has 1 aliphatic rings. The molecule has 3 rings (SSSR count). The Morgan fingerprint density at radius 2 is 2.00 bits per heavy atom. The molecule has 5 heteroatoms. The van der Waals surface area contributed by atoms with Gasteiger partial charge in [0.05, 0.1) is 12.2 Å². The predicted molar refractivity (Wildman–Crippen MR) is 95.2 cm³/mol. The minimum atomic E-state index is 0.0660. The minimum absolute atomic E-state index is 0.0660. The van der Waals surface area contributed by atoms with Gasteiger partial charge < -0.3 is 10.2 Å². The number of nitrogens with zero attached hydrogens (tertiary/aromatic N) is 3. The van der Waals surface area contributed by atoms with Crippen LogP contribution in [0.3, 0.4) is 0 Å². The molecule has 0 aliphatic carbocycles. The second kappa shape index (κ2) is 7.49. The van der Waals surface area contributed by atoms with Gasteiger partial charge in [-0.1, -0.05) is 12.1 Å². The third kappa shape index (κ3) is 3.14. The molecular weight excluding hydrogens is 302 g/mol. The standard InChI is InChI=1S/C19H22N3O2/c23-13-7-16-6-9-21-19(18(16)17-5-4-8-20-15-17)22(12-14-24)10-2-1-3-11-22/h1-6,8-10,15,23-24H,7,11-14H2/q+1. The van der Waals surface area contributed by atoms with Crippen molar-refractivity contribution in [3.05, 3.63) is 66.8 Å². The number of aliphatic hydroxyl groups excluding tert-OH is 2. The zero-order chi connectivity index (χ0) is 16.8. The van der Waals surface area contributed by atoms with Crippen LogP contribution in [0.1, 0.15) is 5.56 Å². The molecule has 3 heterocycles. The maximum Gasteiger partial charge on any atom is 0.240 e. The maximum absolute atomic E-state index is 9.63. The Bertz CT molecular complexity index is 744. The molecule has 0 saturated heterocycles. The molecule has 0 amide bonds. The van der Waals surface area contributed by atoms with Gasteiger partial charge >= 0.3 is 0 Å².